The molecule has 2 heterocycles. The van der Waals surface area contributed by atoms with Gasteiger partial charge in [0.2, 0.25) is 0 Å². The lowest BCUT2D eigenvalue weighted by molar-refractivity contribution is 0.314. The van der Waals surface area contributed by atoms with Gasteiger partial charge in [-0.2, -0.15) is 0 Å². The number of aromatic nitrogens is 1. The van der Waals surface area contributed by atoms with Crippen molar-refractivity contribution in [2.75, 3.05) is 32.1 Å². The first-order valence-corrected chi connectivity index (χ1v) is 7.25. The van der Waals surface area contributed by atoms with Gasteiger partial charge in [-0.3, -0.25) is 0 Å². The molecule has 0 bridgehead atoms. The van der Waals surface area contributed by atoms with E-state index in [1.165, 1.54) is 24.9 Å². The number of anilines is 1. The summed E-state index contributed by atoms with van der Waals surface area (Å²) in [6.07, 6.45) is 3.56. The van der Waals surface area contributed by atoms with Crippen molar-refractivity contribution in [3.8, 4) is 0 Å². The van der Waals surface area contributed by atoms with Crippen molar-refractivity contribution >= 4 is 5.82 Å². The zero-order valence-electron chi connectivity index (χ0n) is 12.4. The SMILES string of the molecule is CCc1cc(CN)cc(N(C)CC2CCCN2C)n1. The van der Waals surface area contributed by atoms with Crippen LogP contribution in [0.2, 0.25) is 0 Å². The smallest absolute Gasteiger partial charge is 0.128 e. The molecule has 1 saturated heterocycles. The molecule has 1 aliphatic rings. The molecule has 1 aliphatic heterocycles. The number of likely N-dealkylation sites (tertiary alicyclic amines) is 1. The van der Waals surface area contributed by atoms with E-state index >= 15 is 0 Å². The summed E-state index contributed by atoms with van der Waals surface area (Å²) in [5.74, 6) is 1.06. The Morgan fingerprint density at radius 2 is 2.26 bits per heavy atom. The molecule has 1 atom stereocenters. The van der Waals surface area contributed by atoms with Gasteiger partial charge in [-0.05, 0) is 50.6 Å². The molecule has 4 heteroatoms. The number of likely N-dealkylation sites (N-methyl/N-ethyl adjacent to an activating group) is 2. The number of rotatable bonds is 5. The van der Waals surface area contributed by atoms with E-state index in [2.05, 4.69) is 43.0 Å². The Morgan fingerprint density at radius 1 is 1.47 bits per heavy atom. The van der Waals surface area contributed by atoms with Crippen LogP contribution in [0.4, 0.5) is 5.82 Å². The average molecular weight is 262 g/mol. The molecule has 0 amide bonds. The van der Waals surface area contributed by atoms with E-state index in [-0.39, 0.29) is 0 Å². The van der Waals surface area contributed by atoms with Crippen LogP contribution in [0, 0.1) is 0 Å². The molecule has 0 spiro atoms. The zero-order chi connectivity index (χ0) is 13.8. The number of hydrogen-bond donors (Lipinski definition) is 1. The van der Waals surface area contributed by atoms with E-state index in [0.717, 1.165) is 24.5 Å². The Morgan fingerprint density at radius 3 is 2.84 bits per heavy atom. The van der Waals surface area contributed by atoms with Crippen LogP contribution in [0.1, 0.15) is 31.0 Å². The van der Waals surface area contributed by atoms with Gasteiger partial charge in [-0.25, -0.2) is 4.98 Å². The number of aryl methyl sites for hydroxylation is 1. The summed E-state index contributed by atoms with van der Waals surface area (Å²) in [4.78, 5) is 9.44. The van der Waals surface area contributed by atoms with E-state index < -0.39 is 0 Å². The van der Waals surface area contributed by atoms with E-state index in [9.17, 15) is 0 Å². The van der Waals surface area contributed by atoms with E-state index in [1.54, 1.807) is 0 Å². The van der Waals surface area contributed by atoms with E-state index in [0.29, 0.717) is 12.6 Å². The van der Waals surface area contributed by atoms with Crippen LogP contribution in [0.25, 0.3) is 0 Å². The van der Waals surface area contributed by atoms with Gasteiger partial charge in [-0.15, -0.1) is 0 Å². The first-order valence-electron chi connectivity index (χ1n) is 7.25. The third kappa shape index (κ3) is 3.45. The summed E-state index contributed by atoms with van der Waals surface area (Å²) in [6.45, 7) is 4.98. The molecule has 106 valence electrons. The minimum absolute atomic E-state index is 0.583. The maximum atomic E-state index is 5.77. The molecule has 0 saturated carbocycles. The number of nitrogens with two attached hydrogens (primary N) is 1. The third-order valence-electron chi connectivity index (χ3n) is 4.07. The van der Waals surface area contributed by atoms with Gasteiger partial charge in [0.15, 0.2) is 0 Å². The van der Waals surface area contributed by atoms with Gasteiger partial charge in [0.1, 0.15) is 5.82 Å². The molecule has 1 aromatic rings. The first-order chi connectivity index (χ1) is 9.13. The highest BCUT2D eigenvalue weighted by Crippen LogP contribution is 2.19. The third-order valence-corrected chi connectivity index (χ3v) is 4.07. The normalized spacial score (nSPS) is 19.9. The quantitative estimate of drug-likeness (QED) is 0.876. The lowest BCUT2D eigenvalue weighted by Crippen LogP contribution is -2.37. The zero-order valence-corrected chi connectivity index (χ0v) is 12.4. The van der Waals surface area contributed by atoms with E-state index in [4.69, 9.17) is 10.7 Å². The van der Waals surface area contributed by atoms with Crippen molar-refractivity contribution in [2.45, 2.75) is 38.8 Å². The Kier molecular flexibility index (Phi) is 4.77. The second-order valence-electron chi connectivity index (χ2n) is 5.54. The Balaban J connectivity index is 2.11. The Bertz CT molecular complexity index is 396. The van der Waals surface area contributed by atoms with Gasteiger partial charge < -0.3 is 15.5 Å². The van der Waals surface area contributed by atoms with Crippen LogP contribution in [0.15, 0.2) is 12.1 Å². The van der Waals surface area contributed by atoms with Gasteiger partial charge in [0.25, 0.3) is 0 Å². The largest absolute Gasteiger partial charge is 0.358 e. The lowest BCUT2D eigenvalue weighted by atomic mass is 10.1. The Labute approximate surface area is 116 Å². The fourth-order valence-corrected chi connectivity index (χ4v) is 2.75. The van der Waals surface area contributed by atoms with Crippen LogP contribution in [0.3, 0.4) is 0 Å². The fourth-order valence-electron chi connectivity index (χ4n) is 2.75. The van der Waals surface area contributed by atoms with Gasteiger partial charge in [-0.1, -0.05) is 6.92 Å². The molecule has 0 radical (unpaired) electrons. The minimum Gasteiger partial charge on any atom is -0.358 e. The van der Waals surface area contributed by atoms with Crippen molar-refractivity contribution in [1.82, 2.24) is 9.88 Å². The average Bonchev–Trinajstić information content (AvgIpc) is 2.83. The van der Waals surface area contributed by atoms with Crippen molar-refractivity contribution in [1.29, 1.82) is 0 Å². The Hall–Kier alpha value is -1.13. The predicted octanol–water partition coefficient (Wildman–Crippen LogP) is 1.63. The molecular weight excluding hydrogens is 236 g/mol. The molecule has 19 heavy (non-hydrogen) atoms. The van der Waals surface area contributed by atoms with Crippen LogP contribution < -0.4 is 10.6 Å². The molecule has 0 aliphatic carbocycles. The molecule has 1 aromatic heterocycles. The maximum absolute atomic E-state index is 5.77. The first kappa shape index (κ1) is 14.3. The van der Waals surface area contributed by atoms with Crippen LogP contribution in [-0.2, 0) is 13.0 Å². The molecule has 4 nitrogen and oxygen atoms in total. The molecular formula is C15H26N4. The fraction of sp³-hybridized carbons (Fsp3) is 0.667. The maximum Gasteiger partial charge on any atom is 0.128 e. The summed E-state index contributed by atoms with van der Waals surface area (Å²) in [7, 11) is 4.35. The number of nitrogens with zero attached hydrogens (tertiary/aromatic N) is 3. The molecule has 2 rings (SSSR count). The predicted molar refractivity (Wildman–Crippen MR) is 80.4 cm³/mol. The molecule has 2 N–H and O–H groups in total. The molecule has 1 unspecified atom stereocenters. The van der Waals surface area contributed by atoms with Crippen molar-refractivity contribution in [3.63, 3.8) is 0 Å². The summed E-state index contributed by atoms with van der Waals surface area (Å²) >= 11 is 0. The monoisotopic (exact) mass is 262 g/mol. The van der Waals surface area contributed by atoms with Gasteiger partial charge in [0.05, 0.1) is 0 Å². The molecule has 1 fully saturated rings. The second kappa shape index (κ2) is 6.35. The van der Waals surface area contributed by atoms with E-state index in [1.807, 2.05) is 0 Å². The summed E-state index contributed by atoms with van der Waals surface area (Å²) in [5.41, 5.74) is 8.08. The summed E-state index contributed by atoms with van der Waals surface area (Å²) in [6, 6.07) is 4.88. The topological polar surface area (TPSA) is 45.4 Å². The highest BCUT2D eigenvalue weighted by Gasteiger charge is 2.22. The van der Waals surface area contributed by atoms with Crippen molar-refractivity contribution < 1.29 is 0 Å². The van der Waals surface area contributed by atoms with Crippen LogP contribution >= 0.6 is 0 Å². The lowest BCUT2D eigenvalue weighted by Gasteiger charge is -2.27. The summed E-state index contributed by atoms with van der Waals surface area (Å²) in [5, 5.41) is 0. The molecule has 0 aromatic carbocycles. The number of hydrogen-bond acceptors (Lipinski definition) is 4. The number of pyridine rings is 1. The standard InChI is InChI=1S/C15H26N4/c1-4-13-8-12(10-16)9-15(17-13)19(3)11-14-6-5-7-18(14)2/h8-9,14H,4-7,10-11,16H2,1-3H3. The van der Waals surface area contributed by atoms with Crippen LogP contribution in [0.5, 0.6) is 0 Å². The van der Waals surface area contributed by atoms with Gasteiger partial charge in [0, 0.05) is 31.9 Å². The van der Waals surface area contributed by atoms with Crippen molar-refractivity contribution in [2.24, 2.45) is 5.73 Å². The minimum atomic E-state index is 0.583. The second-order valence-corrected chi connectivity index (χ2v) is 5.54. The summed E-state index contributed by atoms with van der Waals surface area (Å²) < 4.78 is 0. The van der Waals surface area contributed by atoms with Crippen molar-refractivity contribution in [3.05, 3.63) is 23.4 Å². The van der Waals surface area contributed by atoms with Gasteiger partial charge >= 0.3 is 0 Å². The highest BCUT2D eigenvalue weighted by atomic mass is 15.2. The highest BCUT2D eigenvalue weighted by molar-refractivity contribution is 5.42. The van der Waals surface area contributed by atoms with Crippen LogP contribution in [-0.4, -0.2) is 43.1 Å².